The van der Waals surface area contributed by atoms with Crippen LogP contribution < -0.4 is 4.90 Å². The van der Waals surface area contributed by atoms with Crippen molar-refractivity contribution >= 4 is 17.9 Å². The van der Waals surface area contributed by atoms with Crippen LogP contribution in [0.3, 0.4) is 0 Å². The molecule has 0 spiro atoms. The molecule has 1 aromatic carbocycles. The first-order valence-electron chi connectivity index (χ1n) is 6.96. The molecule has 0 N–H and O–H groups in total. The van der Waals surface area contributed by atoms with Crippen molar-refractivity contribution in [2.24, 2.45) is 5.92 Å². The maximum Gasteiger partial charge on any atom is 0.213 e. The molecule has 0 heterocycles. The molecule has 0 saturated heterocycles. The third-order valence-corrected chi connectivity index (χ3v) is 3.36. The molecule has 0 bridgehead atoms. The number of Topliss-reactive ketones (excluding diaryl/α,β-unsaturated/α-hetero) is 1. The Labute approximate surface area is 115 Å². The monoisotopic (exact) mass is 261 g/mol. The molecule has 0 unspecified atom stereocenters. The van der Waals surface area contributed by atoms with E-state index in [0.717, 1.165) is 43.3 Å². The summed E-state index contributed by atoms with van der Waals surface area (Å²) in [4.78, 5) is 24.5. The third-order valence-electron chi connectivity index (χ3n) is 3.36. The third kappa shape index (κ3) is 4.19. The quantitative estimate of drug-likeness (QED) is 0.529. The largest absolute Gasteiger partial charge is 0.318 e. The molecule has 0 fully saturated rings. The average molecular weight is 261 g/mol. The standard InChI is InChI=1S/C16H23NO2/c1-4-6-13(7-5-2)16(19)14-8-10-15(11-9-14)17(3)12-18/h8-13H,4-7H2,1-3H3. The van der Waals surface area contributed by atoms with E-state index in [9.17, 15) is 9.59 Å². The second-order valence-corrected chi connectivity index (χ2v) is 4.90. The van der Waals surface area contributed by atoms with Gasteiger partial charge >= 0.3 is 0 Å². The van der Waals surface area contributed by atoms with Crippen molar-refractivity contribution in [3.8, 4) is 0 Å². The van der Waals surface area contributed by atoms with E-state index < -0.39 is 0 Å². The molecular formula is C16H23NO2. The van der Waals surface area contributed by atoms with Gasteiger partial charge in [-0.05, 0) is 37.1 Å². The molecule has 1 amide bonds. The lowest BCUT2D eigenvalue weighted by Crippen LogP contribution is -2.16. The number of carbonyl (C=O) groups is 2. The number of anilines is 1. The second kappa shape index (κ2) is 7.72. The lowest BCUT2D eigenvalue weighted by Gasteiger charge is -2.15. The summed E-state index contributed by atoms with van der Waals surface area (Å²) in [6.45, 7) is 4.22. The molecule has 0 atom stereocenters. The van der Waals surface area contributed by atoms with Gasteiger partial charge in [0.15, 0.2) is 5.78 Å². The van der Waals surface area contributed by atoms with Crippen molar-refractivity contribution in [1.29, 1.82) is 0 Å². The highest BCUT2D eigenvalue weighted by molar-refractivity contribution is 5.98. The molecule has 3 nitrogen and oxygen atoms in total. The molecule has 1 rings (SSSR count). The van der Waals surface area contributed by atoms with Crippen LogP contribution in [-0.2, 0) is 4.79 Å². The predicted octanol–water partition coefficient (Wildman–Crippen LogP) is 3.68. The van der Waals surface area contributed by atoms with Crippen molar-refractivity contribution in [2.75, 3.05) is 11.9 Å². The smallest absolute Gasteiger partial charge is 0.213 e. The summed E-state index contributed by atoms with van der Waals surface area (Å²) >= 11 is 0. The van der Waals surface area contributed by atoms with Gasteiger partial charge in [0.2, 0.25) is 6.41 Å². The number of amides is 1. The minimum Gasteiger partial charge on any atom is -0.318 e. The molecule has 1 aromatic rings. The maximum absolute atomic E-state index is 12.4. The SMILES string of the molecule is CCCC(CCC)C(=O)c1ccc(N(C)C=O)cc1. The maximum atomic E-state index is 12.4. The predicted molar refractivity (Wildman–Crippen MR) is 78.5 cm³/mol. The number of carbonyl (C=O) groups excluding carboxylic acids is 2. The normalized spacial score (nSPS) is 10.5. The van der Waals surface area contributed by atoms with Crippen molar-refractivity contribution in [3.05, 3.63) is 29.8 Å². The van der Waals surface area contributed by atoms with E-state index in [1.54, 1.807) is 7.05 Å². The molecule has 0 aliphatic rings. The summed E-state index contributed by atoms with van der Waals surface area (Å²) in [5.74, 6) is 0.355. The molecule has 0 aliphatic heterocycles. The van der Waals surface area contributed by atoms with Crippen molar-refractivity contribution in [1.82, 2.24) is 0 Å². The van der Waals surface area contributed by atoms with Gasteiger partial charge in [0.1, 0.15) is 0 Å². The Bertz CT molecular complexity index is 405. The zero-order chi connectivity index (χ0) is 14.3. The minimum atomic E-state index is 0.129. The molecular weight excluding hydrogens is 238 g/mol. The molecule has 0 aliphatic carbocycles. The lowest BCUT2D eigenvalue weighted by molar-refractivity contribution is -0.107. The lowest BCUT2D eigenvalue weighted by atomic mass is 9.90. The van der Waals surface area contributed by atoms with Gasteiger partial charge in [-0.3, -0.25) is 9.59 Å². The Morgan fingerprint density at radius 3 is 2.11 bits per heavy atom. The Kier molecular flexibility index (Phi) is 6.26. The zero-order valence-electron chi connectivity index (χ0n) is 12.1. The summed E-state index contributed by atoms with van der Waals surface area (Å²) in [6, 6.07) is 7.26. The van der Waals surface area contributed by atoms with Gasteiger partial charge in [-0.15, -0.1) is 0 Å². The van der Waals surface area contributed by atoms with Gasteiger partial charge in [0.25, 0.3) is 0 Å². The molecule has 0 radical (unpaired) electrons. The summed E-state index contributed by atoms with van der Waals surface area (Å²) in [5, 5.41) is 0. The summed E-state index contributed by atoms with van der Waals surface area (Å²) in [7, 11) is 1.70. The van der Waals surface area contributed by atoms with Gasteiger partial charge in [-0.1, -0.05) is 26.7 Å². The van der Waals surface area contributed by atoms with Crippen LogP contribution >= 0.6 is 0 Å². The number of ketones is 1. The molecule has 0 aromatic heterocycles. The van der Waals surface area contributed by atoms with E-state index in [4.69, 9.17) is 0 Å². The molecule has 19 heavy (non-hydrogen) atoms. The van der Waals surface area contributed by atoms with Crippen molar-refractivity contribution in [3.63, 3.8) is 0 Å². The number of nitrogens with zero attached hydrogens (tertiary/aromatic N) is 1. The number of hydrogen-bond donors (Lipinski definition) is 0. The highest BCUT2D eigenvalue weighted by Crippen LogP contribution is 2.21. The van der Waals surface area contributed by atoms with Gasteiger partial charge in [-0.2, -0.15) is 0 Å². The van der Waals surface area contributed by atoms with Gasteiger partial charge < -0.3 is 4.90 Å². The van der Waals surface area contributed by atoms with E-state index in [-0.39, 0.29) is 11.7 Å². The first kappa shape index (κ1) is 15.4. The van der Waals surface area contributed by atoms with E-state index >= 15 is 0 Å². The Morgan fingerprint density at radius 2 is 1.68 bits per heavy atom. The number of rotatable bonds is 8. The molecule has 104 valence electrons. The van der Waals surface area contributed by atoms with Gasteiger partial charge in [0, 0.05) is 24.2 Å². The zero-order valence-corrected chi connectivity index (χ0v) is 12.1. The van der Waals surface area contributed by atoms with Crippen LogP contribution in [-0.4, -0.2) is 19.2 Å². The topological polar surface area (TPSA) is 37.4 Å². The second-order valence-electron chi connectivity index (χ2n) is 4.90. The van der Waals surface area contributed by atoms with Gasteiger partial charge in [-0.25, -0.2) is 0 Å². The number of hydrogen-bond acceptors (Lipinski definition) is 2. The summed E-state index contributed by atoms with van der Waals surface area (Å²) < 4.78 is 0. The Hall–Kier alpha value is -1.64. The average Bonchev–Trinajstić information content (AvgIpc) is 2.45. The van der Waals surface area contributed by atoms with E-state index in [1.165, 1.54) is 4.90 Å². The number of benzene rings is 1. The summed E-state index contributed by atoms with van der Waals surface area (Å²) in [6.07, 6.45) is 4.71. The van der Waals surface area contributed by atoms with Crippen molar-refractivity contribution < 1.29 is 9.59 Å². The van der Waals surface area contributed by atoms with E-state index in [2.05, 4.69) is 13.8 Å². The Morgan fingerprint density at radius 1 is 1.16 bits per heavy atom. The summed E-state index contributed by atoms with van der Waals surface area (Å²) in [5.41, 5.74) is 1.55. The van der Waals surface area contributed by atoms with Crippen LogP contribution in [0.5, 0.6) is 0 Å². The highest BCUT2D eigenvalue weighted by Gasteiger charge is 2.18. The van der Waals surface area contributed by atoms with Crippen LogP contribution in [0, 0.1) is 5.92 Å². The fourth-order valence-electron chi connectivity index (χ4n) is 2.26. The van der Waals surface area contributed by atoms with Gasteiger partial charge in [0.05, 0.1) is 0 Å². The van der Waals surface area contributed by atoms with Crippen molar-refractivity contribution in [2.45, 2.75) is 39.5 Å². The minimum absolute atomic E-state index is 0.129. The van der Waals surface area contributed by atoms with E-state index in [1.807, 2.05) is 24.3 Å². The van der Waals surface area contributed by atoms with Crippen LogP contribution in [0.4, 0.5) is 5.69 Å². The molecule has 3 heteroatoms. The van der Waals surface area contributed by atoms with Crippen LogP contribution in [0.2, 0.25) is 0 Å². The fourth-order valence-corrected chi connectivity index (χ4v) is 2.26. The van der Waals surface area contributed by atoms with E-state index in [0.29, 0.717) is 0 Å². The first-order valence-corrected chi connectivity index (χ1v) is 6.96. The molecule has 0 saturated carbocycles. The van der Waals surface area contributed by atoms with Crippen LogP contribution in [0.25, 0.3) is 0 Å². The highest BCUT2D eigenvalue weighted by atomic mass is 16.1. The fraction of sp³-hybridized carbons (Fsp3) is 0.500. The Balaban J connectivity index is 2.83. The first-order chi connectivity index (χ1) is 9.13. The van der Waals surface area contributed by atoms with Crippen LogP contribution in [0.1, 0.15) is 49.9 Å². The van der Waals surface area contributed by atoms with Crippen LogP contribution in [0.15, 0.2) is 24.3 Å².